The van der Waals surface area contributed by atoms with E-state index >= 15 is 0 Å². The highest BCUT2D eigenvalue weighted by atomic mass is 14.8. The van der Waals surface area contributed by atoms with E-state index in [-0.39, 0.29) is 0 Å². The Hall–Kier alpha value is -2.19. The average Bonchev–Trinajstić information content (AvgIpc) is 2.53. The molecule has 0 fully saturated rings. The summed E-state index contributed by atoms with van der Waals surface area (Å²) in [6.45, 7) is 2.17. The van der Waals surface area contributed by atoms with Gasteiger partial charge in [-0.2, -0.15) is 0 Å². The third kappa shape index (κ3) is 2.30. The topological polar surface area (TPSA) is 24.9 Å². The highest BCUT2D eigenvalue weighted by Gasteiger charge is 2.07. The van der Waals surface area contributed by atoms with E-state index in [0.717, 1.165) is 5.52 Å². The average molecular weight is 262 g/mol. The molecule has 3 aromatic rings. The SMILES string of the molecule is CNC(C)c1cccc(-c2cccc3cccnc23)c1. The molecule has 0 aliphatic carbocycles. The lowest BCUT2D eigenvalue weighted by atomic mass is 9.98. The third-order valence-electron chi connectivity index (χ3n) is 3.76. The number of nitrogens with zero attached hydrogens (tertiary/aromatic N) is 1. The molecule has 0 aliphatic heterocycles. The Morgan fingerprint density at radius 3 is 2.65 bits per heavy atom. The molecule has 2 nitrogen and oxygen atoms in total. The molecule has 2 heteroatoms. The summed E-state index contributed by atoms with van der Waals surface area (Å²) in [6.07, 6.45) is 1.85. The Kier molecular flexibility index (Phi) is 3.48. The molecule has 0 aliphatic rings. The third-order valence-corrected chi connectivity index (χ3v) is 3.76. The van der Waals surface area contributed by atoms with Gasteiger partial charge in [0.2, 0.25) is 0 Å². The Morgan fingerprint density at radius 2 is 1.80 bits per heavy atom. The summed E-state index contributed by atoms with van der Waals surface area (Å²) in [6, 6.07) is 19.4. The van der Waals surface area contributed by atoms with Crippen LogP contribution >= 0.6 is 0 Å². The quantitative estimate of drug-likeness (QED) is 0.766. The summed E-state index contributed by atoms with van der Waals surface area (Å²) in [7, 11) is 1.98. The molecule has 100 valence electrons. The first-order valence-electron chi connectivity index (χ1n) is 6.91. The predicted molar refractivity (Wildman–Crippen MR) is 84.7 cm³/mol. The van der Waals surface area contributed by atoms with Gasteiger partial charge in [-0.3, -0.25) is 4.98 Å². The minimum Gasteiger partial charge on any atom is -0.313 e. The number of fused-ring (bicyclic) bond motifs is 1. The first kappa shape index (κ1) is 12.8. The molecule has 1 aromatic heterocycles. The highest BCUT2D eigenvalue weighted by molar-refractivity contribution is 5.93. The predicted octanol–water partition coefficient (Wildman–Crippen LogP) is 4.18. The van der Waals surface area contributed by atoms with Crippen molar-refractivity contribution in [2.24, 2.45) is 0 Å². The van der Waals surface area contributed by atoms with Crippen LogP contribution in [0.5, 0.6) is 0 Å². The van der Waals surface area contributed by atoms with E-state index in [1.165, 1.54) is 22.1 Å². The van der Waals surface area contributed by atoms with Crippen LogP contribution in [0.25, 0.3) is 22.0 Å². The maximum Gasteiger partial charge on any atom is 0.0780 e. The van der Waals surface area contributed by atoms with E-state index in [0.29, 0.717) is 6.04 Å². The first-order chi connectivity index (χ1) is 9.79. The van der Waals surface area contributed by atoms with Crippen molar-refractivity contribution < 1.29 is 0 Å². The van der Waals surface area contributed by atoms with Gasteiger partial charge in [0.1, 0.15) is 0 Å². The molecule has 0 saturated carbocycles. The molecule has 1 N–H and O–H groups in total. The van der Waals surface area contributed by atoms with E-state index in [1.54, 1.807) is 0 Å². The fourth-order valence-corrected chi connectivity index (χ4v) is 2.48. The maximum absolute atomic E-state index is 4.54. The van der Waals surface area contributed by atoms with E-state index < -0.39 is 0 Å². The smallest absolute Gasteiger partial charge is 0.0780 e. The van der Waals surface area contributed by atoms with Crippen LogP contribution in [0.4, 0.5) is 0 Å². The molecule has 0 amide bonds. The number of aromatic nitrogens is 1. The Morgan fingerprint density at radius 1 is 1.00 bits per heavy atom. The van der Waals surface area contributed by atoms with Crippen molar-refractivity contribution in [3.8, 4) is 11.1 Å². The lowest BCUT2D eigenvalue weighted by Crippen LogP contribution is -2.12. The molecule has 1 heterocycles. The summed E-state index contributed by atoms with van der Waals surface area (Å²) >= 11 is 0. The van der Waals surface area contributed by atoms with Crippen LogP contribution in [-0.4, -0.2) is 12.0 Å². The van der Waals surface area contributed by atoms with Gasteiger partial charge in [0.15, 0.2) is 0 Å². The fourth-order valence-electron chi connectivity index (χ4n) is 2.48. The van der Waals surface area contributed by atoms with Gasteiger partial charge in [-0.25, -0.2) is 0 Å². The van der Waals surface area contributed by atoms with Crippen LogP contribution in [-0.2, 0) is 0 Å². The van der Waals surface area contributed by atoms with Crippen molar-refractivity contribution in [2.45, 2.75) is 13.0 Å². The van der Waals surface area contributed by atoms with E-state index in [1.807, 2.05) is 19.3 Å². The van der Waals surface area contributed by atoms with Gasteiger partial charge in [-0.1, -0.05) is 42.5 Å². The summed E-state index contributed by atoms with van der Waals surface area (Å²) in [5, 5.41) is 4.46. The second-order valence-corrected chi connectivity index (χ2v) is 5.02. The van der Waals surface area contributed by atoms with Gasteiger partial charge >= 0.3 is 0 Å². The summed E-state index contributed by atoms with van der Waals surface area (Å²) in [4.78, 5) is 4.54. The number of pyridine rings is 1. The largest absolute Gasteiger partial charge is 0.313 e. The monoisotopic (exact) mass is 262 g/mol. The molecule has 3 rings (SSSR count). The maximum atomic E-state index is 4.54. The van der Waals surface area contributed by atoms with Gasteiger partial charge < -0.3 is 5.32 Å². The summed E-state index contributed by atoms with van der Waals surface area (Å²) in [5.41, 5.74) is 4.75. The standard InChI is InChI=1S/C18H18N2/c1-13(19-2)15-7-3-8-16(12-15)17-10-4-6-14-9-5-11-20-18(14)17/h3-13,19H,1-2H3. The van der Waals surface area contributed by atoms with Crippen molar-refractivity contribution in [1.82, 2.24) is 10.3 Å². The number of nitrogens with one attached hydrogen (secondary N) is 1. The second-order valence-electron chi connectivity index (χ2n) is 5.02. The molecule has 1 unspecified atom stereocenters. The molecule has 0 bridgehead atoms. The van der Waals surface area contributed by atoms with Crippen LogP contribution < -0.4 is 5.32 Å². The van der Waals surface area contributed by atoms with Crippen molar-refractivity contribution in [2.75, 3.05) is 7.05 Å². The van der Waals surface area contributed by atoms with Crippen LogP contribution in [0.15, 0.2) is 60.8 Å². The van der Waals surface area contributed by atoms with Crippen molar-refractivity contribution in [3.05, 3.63) is 66.4 Å². The zero-order valence-corrected chi connectivity index (χ0v) is 11.8. The lowest BCUT2D eigenvalue weighted by Gasteiger charge is -2.13. The summed E-state index contributed by atoms with van der Waals surface area (Å²) < 4.78 is 0. The zero-order valence-electron chi connectivity index (χ0n) is 11.8. The Balaban J connectivity index is 2.16. The number of para-hydroxylation sites is 1. The fraction of sp³-hybridized carbons (Fsp3) is 0.167. The number of hydrogen-bond acceptors (Lipinski definition) is 2. The molecule has 0 spiro atoms. The first-order valence-corrected chi connectivity index (χ1v) is 6.91. The van der Waals surface area contributed by atoms with Gasteiger partial charge in [0, 0.05) is 23.2 Å². The van der Waals surface area contributed by atoms with Gasteiger partial charge in [0.05, 0.1) is 5.52 Å². The summed E-state index contributed by atoms with van der Waals surface area (Å²) in [5.74, 6) is 0. The van der Waals surface area contributed by atoms with Crippen LogP contribution in [0.3, 0.4) is 0 Å². The molecule has 1 atom stereocenters. The van der Waals surface area contributed by atoms with Crippen molar-refractivity contribution in [1.29, 1.82) is 0 Å². The minimum absolute atomic E-state index is 0.345. The molecule has 20 heavy (non-hydrogen) atoms. The van der Waals surface area contributed by atoms with Gasteiger partial charge in [-0.05, 0) is 37.2 Å². The Bertz CT molecular complexity index is 729. The number of hydrogen-bond donors (Lipinski definition) is 1. The van der Waals surface area contributed by atoms with E-state index in [2.05, 4.69) is 65.8 Å². The van der Waals surface area contributed by atoms with Crippen molar-refractivity contribution in [3.63, 3.8) is 0 Å². The minimum atomic E-state index is 0.345. The molecule has 2 aromatic carbocycles. The van der Waals surface area contributed by atoms with Gasteiger partial charge in [0.25, 0.3) is 0 Å². The number of rotatable bonds is 3. The molecular weight excluding hydrogens is 244 g/mol. The molecule has 0 radical (unpaired) electrons. The van der Waals surface area contributed by atoms with E-state index in [9.17, 15) is 0 Å². The normalized spacial score (nSPS) is 12.5. The highest BCUT2D eigenvalue weighted by Crippen LogP contribution is 2.28. The lowest BCUT2D eigenvalue weighted by molar-refractivity contribution is 0.652. The zero-order chi connectivity index (χ0) is 13.9. The van der Waals surface area contributed by atoms with E-state index in [4.69, 9.17) is 0 Å². The van der Waals surface area contributed by atoms with Crippen LogP contribution in [0, 0.1) is 0 Å². The van der Waals surface area contributed by atoms with Crippen LogP contribution in [0.2, 0.25) is 0 Å². The Labute approximate surface area is 119 Å². The second kappa shape index (κ2) is 5.43. The van der Waals surface area contributed by atoms with Gasteiger partial charge in [-0.15, -0.1) is 0 Å². The molecular formula is C18H18N2. The molecule has 0 saturated heterocycles. The van der Waals surface area contributed by atoms with Crippen LogP contribution in [0.1, 0.15) is 18.5 Å². The van der Waals surface area contributed by atoms with Crippen molar-refractivity contribution >= 4 is 10.9 Å². The number of benzene rings is 2.